The van der Waals surface area contributed by atoms with Crippen molar-refractivity contribution in [2.45, 2.75) is 26.2 Å². The fourth-order valence-corrected chi connectivity index (χ4v) is 2.12. The highest BCUT2D eigenvalue weighted by atomic mass is 32.1. The van der Waals surface area contributed by atoms with Gasteiger partial charge in [-0.2, -0.15) is 0 Å². The summed E-state index contributed by atoms with van der Waals surface area (Å²) in [5.41, 5.74) is 3.07. The first-order chi connectivity index (χ1) is 9.84. The molecule has 0 amide bonds. The second kappa shape index (κ2) is 6.22. The van der Waals surface area contributed by atoms with E-state index in [9.17, 15) is 4.39 Å². The second-order valence-corrected chi connectivity index (χ2v) is 6.32. The minimum atomic E-state index is -0.266. The number of rotatable bonds is 2. The lowest BCUT2D eigenvalue weighted by Gasteiger charge is -2.19. The summed E-state index contributed by atoms with van der Waals surface area (Å²) < 4.78 is 12.8. The van der Waals surface area contributed by atoms with E-state index in [1.165, 1.54) is 17.7 Å². The lowest BCUT2D eigenvalue weighted by molar-refractivity contribution is 0.590. The van der Waals surface area contributed by atoms with E-state index in [4.69, 9.17) is 12.2 Å². The Hall–Kier alpha value is -1.94. The van der Waals surface area contributed by atoms with Crippen molar-refractivity contribution >= 4 is 28.7 Å². The van der Waals surface area contributed by atoms with Crippen LogP contribution in [0.1, 0.15) is 26.3 Å². The molecule has 0 heterocycles. The Balaban J connectivity index is 1.98. The van der Waals surface area contributed by atoms with Gasteiger partial charge < -0.3 is 10.6 Å². The molecule has 0 aliphatic rings. The monoisotopic (exact) mass is 302 g/mol. The SMILES string of the molecule is CC(C)(C)c1ccc(NC(=S)Nc2ccc(F)cc2)cc1. The Labute approximate surface area is 130 Å². The molecular formula is C17H19FN2S. The summed E-state index contributed by atoms with van der Waals surface area (Å²) >= 11 is 5.24. The van der Waals surface area contributed by atoms with Crippen molar-refractivity contribution in [3.05, 3.63) is 59.9 Å². The Kier molecular flexibility index (Phi) is 4.58. The third-order valence-electron chi connectivity index (χ3n) is 3.11. The fourth-order valence-electron chi connectivity index (χ4n) is 1.88. The third-order valence-corrected chi connectivity index (χ3v) is 3.32. The molecule has 0 saturated carbocycles. The van der Waals surface area contributed by atoms with Crippen molar-refractivity contribution in [1.82, 2.24) is 0 Å². The fraction of sp³-hybridized carbons (Fsp3) is 0.235. The molecule has 0 fully saturated rings. The van der Waals surface area contributed by atoms with E-state index >= 15 is 0 Å². The first kappa shape index (κ1) is 15.4. The highest BCUT2D eigenvalue weighted by Crippen LogP contribution is 2.23. The molecule has 0 spiro atoms. The van der Waals surface area contributed by atoms with Gasteiger partial charge in [0.2, 0.25) is 0 Å². The molecule has 2 aromatic rings. The summed E-state index contributed by atoms with van der Waals surface area (Å²) in [7, 11) is 0. The standard InChI is InChI=1S/C17H19FN2S/c1-17(2,3)12-4-8-14(9-5-12)19-16(21)20-15-10-6-13(18)7-11-15/h4-11H,1-3H3,(H2,19,20,21). The quantitative estimate of drug-likeness (QED) is 0.769. The van der Waals surface area contributed by atoms with Crippen LogP contribution in [0, 0.1) is 5.82 Å². The van der Waals surface area contributed by atoms with Gasteiger partial charge in [-0.25, -0.2) is 4.39 Å². The van der Waals surface area contributed by atoms with Gasteiger partial charge in [-0.1, -0.05) is 32.9 Å². The number of hydrogen-bond donors (Lipinski definition) is 2. The number of thiocarbonyl (C=S) groups is 1. The van der Waals surface area contributed by atoms with Crippen LogP contribution in [0.3, 0.4) is 0 Å². The third kappa shape index (κ3) is 4.53. The van der Waals surface area contributed by atoms with Gasteiger partial charge in [-0.15, -0.1) is 0 Å². The average molecular weight is 302 g/mol. The first-order valence-electron chi connectivity index (χ1n) is 6.79. The minimum absolute atomic E-state index is 0.130. The van der Waals surface area contributed by atoms with Crippen molar-refractivity contribution < 1.29 is 4.39 Å². The molecule has 2 aromatic carbocycles. The molecule has 2 rings (SSSR count). The maximum Gasteiger partial charge on any atom is 0.175 e. The van der Waals surface area contributed by atoms with E-state index in [0.717, 1.165) is 11.4 Å². The summed E-state index contributed by atoms with van der Waals surface area (Å²) in [4.78, 5) is 0. The number of benzene rings is 2. The predicted molar refractivity (Wildman–Crippen MR) is 91.4 cm³/mol. The first-order valence-corrected chi connectivity index (χ1v) is 7.19. The molecule has 0 aliphatic carbocycles. The maximum absolute atomic E-state index is 12.8. The average Bonchev–Trinajstić information content (AvgIpc) is 2.41. The molecule has 0 radical (unpaired) electrons. The zero-order valence-corrected chi connectivity index (χ0v) is 13.2. The van der Waals surface area contributed by atoms with Crippen LogP contribution in [0.2, 0.25) is 0 Å². The number of anilines is 2. The van der Waals surface area contributed by atoms with Crippen molar-refractivity contribution in [1.29, 1.82) is 0 Å². The largest absolute Gasteiger partial charge is 0.332 e. The van der Waals surface area contributed by atoms with E-state index in [-0.39, 0.29) is 11.2 Å². The Morgan fingerprint density at radius 2 is 1.29 bits per heavy atom. The van der Waals surface area contributed by atoms with E-state index in [1.54, 1.807) is 12.1 Å². The molecule has 4 heteroatoms. The lowest BCUT2D eigenvalue weighted by atomic mass is 9.87. The topological polar surface area (TPSA) is 24.1 Å². The molecule has 0 bridgehead atoms. The highest BCUT2D eigenvalue weighted by Gasteiger charge is 2.12. The summed E-state index contributed by atoms with van der Waals surface area (Å²) in [5, 5.41) is 6.60. The van der Waals surface area contributed by atoms with Crippen molar-refractivity contribution in [3.63, 3.8) is 0 Å². The van der Waals surface area contributed by atoms with Gasteiger partial charge >= 0.3 is 0 Å². The Morgan fingerprint density at radius 1 is 0.857 bits per heavy atom. The van der Waals surface area contributed by atoms with Crippen molar-refractivity contribution in [2.24, 2.45) is 0 Å². The molecule has 21 heavy (non-hydrogen) atoms. The second-order valence-electron chi connectivity index (χ2n) is 5.91. The zero-order valence-electron chi connectivity index (χ0n) is 12.4. The minimum Gasteiger partial charge on any atom is -0.332 e. The molecule has 2 N–H and O–H groups in total. The molecule has 0 unspecified atom stereocenters. The van der Waals surface area contributed by atoms with Crippen LogP contribution in [-0.4, -0.2) is 5.11 Å². The van der Waals surface area contributed by atoms with Gasteiger partial charge in [0.1, 0.15) is 5.82 Å². The lowest BCUT2D eigenvalue weighted by Crippen LogP contribution is -2.19. The predicted octanol–water partition coefficient (Wildman–Crippen LogP) is 4.93. The van der Waals surface area contributed by atoms with E-state index in [2.05, 4.69) is 43.5 Å². The van der Waals surface area contributed by atoms with Crippen LogP contribution >= 0.6 is 12.2 Å². The van der Waals surface area contributed by atoms with Crippen LogP contribution < -0.4 is 10.6 Å². The Bertz CT molecular complexity index is 613. The molecular weight excluding hydrogens is 283 g/mol. The van der Waals surface area contributed by atoms with Crippen LogP contribution in [-0.2, 0) is 5.41 Å². The summed E-state index contributed by atoms with van der Waals surface area (Å²) in [5.74, 6) is -0.266. The van der Waals surface area contributed by atoms with E-state index < -0.39 is 0 Å². The summed E-state index contributed by atoms with van der Waals surface area (Å²) in [6.45, 7) is 6.53. The summed E-state index contributed by atoms with van der Waals surface area (Å²) in [6, 6.07) is 14.2. The van der Waals surface area contributed by atoms with Crippen molar-refractivity contribution in [2.75, 3.05) is 10.6 Å². The van der Waals surface area contributed by atoms with E-state index in [1.807, 2.05) is 12.1 Å². The molecule has 0 aliphatic heterocycles. The zero-order chi connectivity index (χ0) is 15.5. The number of nitrogens with one attached hydrogen (secondary N) is 2. The van der Waals surface area contributed by atoms with Crippen LogP contribution in [0.25, 0.3) is 0 Å². The van der Waals surface area contributed by atoms with Gasteiger partial charge in [0, 0.05) is 11.4 Å². The molecule has 0 saturated heterocycles. The van der Waals surface area contributed by atoms with Gasteiger partial charge in [-0.3, -0.25) is 0 Å². The number of halogens is 1. The maximum atomic E-state index is 12.8. The van der Waals surface area contributed by atoms with Crippen molar-refractivity contribution in [3.8, 4) is 0 Å². The van der Waals surface area contributed by atoms with Gasteiger partial charge in [-0.05, 0) is 59.6 Å². The molecule has 0 atom stereocenters. The van der Waals surface area contributed by atoms with Crippen LogP contribution in [0.5, 0.6) is 0 Å². The number of hydrogen-bond acceptors (Lipinski definition) is 1. The van der Waals surface area contributed by atoms with Gasteiger partial charge in [0.25, 0.3) is 0 Å². The Morgan fingerprint density at radius 3 is 1.71 bits per heavy atom. The smallest absolute Gasteiger partial charge is 0.175 e. The van der Waals surface area contributed by atoms with Gasteiger partial charge in [0.05, 0.1) is 0 Å². The molecule has 110 valence electrons. The van der Waals surface area contributed by atoms with Gasteiger partial charge in [0.15, 0.2) is 5.11 Å². The van der Waals surface area contributed by atoms with Crippen LogP contribution in [0.15, 0.2) is 48.5 Å². The summed E-state index contributed by atoms with van der Waals surface area (Å²) in [6.07, 6.45) is 0. The molecule has 0 aromatic heterocycles. The highest BCUT2D eigenvalue weighted by molar-refractivity contribution is 7.80. The molecule has 2 nitrogen and oxygen atoms in total. The van der Waals surface area contributed by atoms with E-state index in [0.29, 0.717) is 5.11 Å². The van der Waals surface area contributed by atoms with Crippen LogP contribution in [0.4, 0.5) is 15.8 Å². The normalized spacial score (nSPS) is 11.0.